The number of hydrogen-bond acceptors (Lipinski definition) is 4. The first-order chi connectivity index (χ1) is 11.7. The molecule has 6 nitrogen and oxygen atoms in total. The number of thiazole rings is 1. The van der Waals surface area contributed by atoms with Gasteiger partial charge < -0.3 is 20.1 Å². The molecule has 24 heavy (non-hydrogen) atoms. The molecule has 1 aliphatic rings. The summed E-state index contributed by atoms with van der Waals surface area (Å²) in [6, 6.07) is 2.11. The fourth-order valence-corrected chi connectivity index (χ4v) is 3.76. The number of guanidine groups is 1. The smallest absolute Gasteiger partial charge is 0.191 e. The number of nitrogens with zero attached hydrogens (tertiary/aromatic N) is 4. The number of aryl methyl sites for hydroxylation is 1. The van der Waals surface area contributed by atoms with Gasteiger partial charge in [0.25, 0.3) is 0 Å². The number of rotatable bonds is 6. The molecule has 0 unspecified atom stereocenters. The van der Waals surface area contributed by atoms with E-state index in [9.17, 15) is 0 Å². The summed E-state index contributed by atoms with van der Waals surface area (Å²) in [5, 5.41) is 10.0. The standard InChI is InChI=1S/C17H26N6S/c1-18-16(20-11-14-6-10-22(2)12-14)19-7-5-15-13-24-17(21-15)23-8-3-4-9-23/h6,10,12-13H,3-5,7-9,11H2,1-2H3,(H2,18,19,20). The van der Waals surface area contributed by atoms with Gasteiger partial charge in [-0.3, -0.25) is 4.99 Å². The molecule has 7 heteroatoms. The highest BCUT2D eigenvalue weighted by atomic mass is 32.1. The van der Waals surface area contributed by atoms with Gasteiger partial charge in [0.05, 0.1) is 5.69 Å². The maximum Gasteiger partial charge on any atom is 0.191 e. The maximum atomic E-state index is 4.75. The van der Waals surface area contributed by atoms with Crippen molar-refractivity contribution in [1.29, 1.82) is 0 Å². The quantitative estimate of drug-likeness (QED) is 0.620. The predicted octanol–water partition coefficient (Wildman–Crippen LogP) is 1.99. The van der Waals surface area contributed by atoms with Gasteiger partial charge in [0.15, 0.2) is 11.1 Å². The normalized spacial score (nSPS) is 15.1. The van der Waals surface area contributed by atoms with Gasteiger partial charge in [0, 0.05) is 64.5 Å². The minimum absolute atomic E-state index is 0.774. The van der Waals surface area contributed by atoms with Gasteiger partial charge in [-0.2, -0.15) is 0 Å². The van der Waals surface area contributed by atoms with Crippen molar-refractivity contribution >= 4 is 22.4 Å². The lowest BCUT2D eigenvalue weighted by atomic mass is 10.3. The van der Waals surface area contributed by atoms with Gasteiger partial charge >= 0.3 is 0 Å². The third-order valence-corrected chi connectivity index (χ3v) is 5.12. The van der Waals surface area contributed by atoms with E-state index >= 15 is 0 Å². The summed E-state index contributed by atoms with van der Waals surface area (Å²) < 4.78 is 2.05. The van der Waals surface area contributed by atoms with Gasteiger partial charge in [0.1, 0.15) is 0 Å². The van der Waals surface area contributed by atoms with Gasteiger partial charge in [-0.25, -0.2) is 4.98 Å². The molecular weight excluding hydrogens is 320 g/mol. The van der Waals surface area contributed by atoms with E-state index < -0.39 is 0 Å². The van der Waals surface area contributed by atoms with E-state index in [4.69, 9.17) is 4.98 Å². The van der Waals surface area contributed by atoms with Crippen molar-refractivity contribution in [3.63, 3.8) is 0 Å². The highest BCUT2D eigenvalue weighted by Gasteiger charge is 2.15. The molecule has 0 amide bonds. The van der Waals surface area contributed by atoms with Crippen LogP contribution in [0.1, 0.15) is 24.1 Å². The van der Waals surface area contributed by atoms with E-state index in [0.717, 1.165) is 44.3 Å². The Hall–Kier alpha value is -2.02. The van der Waals surface area contributed by atoms with Crippen molar-refractivity contribution in [2.45, 2.75) is 25.8 Å². The largest absolute Gasteiger partial charge is 0.357 e. The van der Waals surface area contributed by atoms with Gasteiger partial charge in [-0.15, -0.1) is 11.3 Å². The molecule has 1 fully saturated rings. The summed E-state index contributed by atoms with van der Waals surface area (Å²) in [7, 11) is 3.83. The number of nitrogens with one attached hydrogen (secondary N) is 2. The minimum atomic E-state index is 0.774. The van der Waals surface area contributed by atoms with Crippen LogP contribution in [-0.2, 0) is 20.0 Å². The Labute approximate surface area is 147 Å². The molecule has 3 heterocycles. The van der Waals surface area contributed by atoms with Gasteiger partial charge in [0.2, 0.25) is 0 Å². The van der Waals surface area contributed by atoms with Crippen LogP contribution in [0.3, 0.4) is 0 Å². The Kier molecular flexibility index (Phi) is 5.74. The lowest BCUT2D eigenvalue weighted by molar-refractivity contribution is 0.784. The zero-order valence-electron chi connectivity index (χ0n) is 14.5. The molecule has 0 bridgehead atoms. The lowest BCUT2D eigenvalue weighted by Gasteiger charge is -2.12. The van der Waals surface area contributed by atoms with E-state index in [1.807, 2.05) is 17.8 Å². The first kappa shape index (κ1) is 16.8. The fraction of sp³-hybridized carbons (Fsp3) is 0.529. The van der Waals surface area contributed by atoms with E-state index in [2.05, 4.69) is 38.2 Å². The van der Waals surface area contributed by atoms with Crippen molar-refractivity contribution in [2.75, 3.05) is 31.6 Å². The highest BCUT2D eigenvalue weighted by molar-refractivity contribution is 7.13. The Balaban J connectivity index is 1.41. The van der Waals surface area contributed by atoms with Crippen LogP contribution in [0, 0.1) is 0 Å². The second-order valence-electron chi connectivity index (χ2n) is 6.10. The van der Waals surface area contributed by atoms with Crippen molar-refractivity contribution in [3.05, 3.63) is 35.1 Å². The second kappa shape index (κ2) is 8.19. The van der Waals surface area contributed by atoms with Crippen molar-refractivity contribution in [3.8, 4) is 0 Å². The molecule has 0 aliphatic carbocycles. The number of aromatic nitrogens is 2. The van der Waals surface area contributed by atoms with Crippen LogP contribution in [0.4, 0.5) is 5.13 Å². The topological polar surface area (TPSA) is 57.5 Å². The van der Waals surface area contributed by atoms with E-state index in [1.54, 1.807) is 18.4 Å². The number of aliphatic imine (C=N–C) groups is 1. The van der Waals surface area contributed by atoms with E-state index in [1.165, 1.54) is 23.5 Å². The van der Waals surface area contributed by atoms with Crippen LogP contribution in [0.25, 0.3) is 0 Å². The SMILES string of the molecule is CN=C(NCCc1csc(N2CCCC2)n1)NCc1ccn(C)c1. The van der Waals surface area contributed by atoms with Crippen LogP contribution in [0.15, 0.2) is 28.8 Å². The van der Waals surface area contributed by atoms with Crippen LogP contribution in [0.5, 0.6) is 0 Å². The monoisotopic (exact) mass is 346 g/mol. The third-order valence-electron chi connectivity index (χ3n) is 4.17. The summed E-state index contributed by atoms with van der Waals surface area (Å²) in [5.41, 5.74) is 2.41. The number of hydrogen-bond donors (Lipinski definition) is 2. The molecular formula is C17H26N6S. The van der Waals surface area contributed by atoms with Crippen LogP contribution in [-0.4, -0.2) is 42.2 Å². The van der Waals surface area contributed by atoms with Gasteiger partial charge in [-0.05, 0) is 24.5 Å². The van der Waals surface area contributed by atoms with Gasteiger partial charge in [-0.1, -0.05) is 0 Å². The molecule has 130 valence electrons. The first-order valence-electron chi connectivity index (χ1n) is 8.49. The van der Waals surface area contributed by atoms with E-state index in [-0.39, 0.29) is 0 Å². The summed E-state index contributed by atoms with van der Waals surface area (Å²) >= 11 is 1.76. The average molecular weight is 347 g/mol. The van der Waals surface area contributed by atoms with Crippen LogP contribution in [0.2, 0.25) is 0 Å². The third kappa shape index (κ3) is 4.50. The summed E-state index contributed by atoms with van der Waals surface area (Å²) in [6.45, 7) is 3.91. The fourth-order valence-electron chi connectivity index (χ4n) is 2.85. The van der Waals surface area contributed by atoms with Crippen LogP contribution >= 0.6 is 11.3 Å². The van der Waals surface area contributed by atoms with Crippen LogP contribution < -0.4 is 15.5 Å². The molecule has 2 aromatic heterocycles. The zero-order chi connectivity index (χ0) is 16.8. The maximum absolute atomic E-state index is 4.75. The molecule has 0 atom stereocenters. The lowest BCUT2D eigenvalue weighted by Crippen LogP contribution is -2.37. The minimum Gasteiger partial charge on any atom is -0.357 e. The zero-order valence-corrected chi connectivity index (χ0v) is 15.3. The predicted molar refractivity (Wildman–Crippen MR) is 101 cm³/mol. The molecule has 0 aromatic carbocycles. The summed E-state index contributed by atoms with van der Waals surface area (Å²) in [6.07, 6.45) is 7.65. The van der Waals surface area contributed by atoms with E-state index in [0.29, 0.717) is 0 Å². The van der Waals surface area contributed by atoms with Crippen molar-refractivity contribution < 1.29 is 0 Å². The Bertz CT molecular complexity index is 668. The molecule has 0 saturated carbocycles. The molecule has 3 rings (SSSR count). The molecule has 1 aliphatic heterocycles. The summed E-state index contributed by atoms with van der Waals surface area (Å²) in [5.74, 6) is 0.828. The van der Waals surface area contributed by atoms with Crippen molar-refractivity contribution in [2.24, 2.45) is 12.0 Å². The number of anilines is 1. The molecule has 2 N–H and O–H groups in total. The molecule has 1 saturated heterocycles. The molecule has 0 radical (unpaired) electrons. The average Bonchev–Trinajstić information content (AvgIpc) is 3.32. The first-order valence-corrected chi connectivity index (χ1v) is 9.37. The molecule has 0 spiro atoms. The molecule has 2 aromatic rings. The van der Waals surface area contributed by atoms with Crippen molar-refractivity contribution in [1.82, 2.24) is 20.2 Å². The summed E-state index contributed by atoms with van der Waals surface area (Å²) in [4.78, 5) is 11.4. The highest BCUT2D eigenvalue weighted by Crippen LogP contribution is 2.24. The second-order valence-corrected chi connectivity index (χ2v) is 6.94. The Morgan fingerprint density at radius 1 is 1.33 bits per heavy atom. The Morgan fingerprint density at radius 3 is 2.88 bits per heavy atom. The Morgan fingerprint density at radius 2 is 2.17 bits per heavy atom.